The van der Waals surface area contributed by atoms with E-state index in [0.717, 1.165) is 16.8 Å². The minimum Gasteiger partial charge on any atom is -0.465 e. The number of methoxy groups -OCH3 is 1. The fraction of sp³-hybridized carbons (Fsp3) is 0.0476. The molecule has 150 valence electrons. The van der Waals surface area contributed by atoms with Gasteiger partial charge >= 0.3 is 5.97 Å². The number of thiazole rings is 1. The lowest BCUT2D eigenvalue weighted by Gasteiger charge is -2.00. The molecule has 4 aromatic rings. The van der Waals surface area contributed by atoms with E-state index in [1.54, 1.807) is 47.0 Å². The van der Waals surface area contributed by atoms with E-state index in [0.29, 0.717) is 10.5 Å². The molecule has 30 heavy (non-hydrogen) atoms. The number of anilines is 1. The first-order valence-electron chi connectivity index (χ1n) is 8.81. The first-order chi connectivity index (χ1) is 14.5. The summed E-state index contributed by atoms with van der Waals surface area (Å²) in [5, 5.41) is 8.80. The van der Waals surface area contributed by atoms with Crippen LogP contribution in [0, 0.1) is 5.82 Å². The Morgan fingerprint density at radius 3 is 2.57 bits per heavy atom. The summed E-state index contributed by atoms with van der Waals surface area (Å²) in [5.41, 5.74) is 2.72. The zero-order valence-corrected chi connectivity index (χ0v) is 16.5. The van der Waals surface area contributed by atoms with E-state index in [-0.39, 0.29) is 11.8 Å². The molecular formula is C21H15FN4O3S. The van der Waals surface area contributed by atoms with Crippen molar-refractivity contribution in [1.29, 1.82) is 0 Å². The second kappa shape index (κ2) is 8.26. The minimum absolute atomic E-state index is 0.168. The Labute approximate surface area is 174 Å². The molecule has 0 atom stereocenters. The average molecular weight is 422 g/mol. The number of halogens is 1. The highest BCUT2D eigenvalue weighted by Crippen LogP contribution is 2.26. The van der Waals surface area contributed by atoms with Gasteiger partial charge in [0.25, 0.3) is 11.9 Å². The van der Waals surface area contributed by atoms with Gasteiger partial charge in [0.2, 0.25) is 4.96 Å². The highest BCUT2D eigenvalue weighted by Gasteiger charge is 2.12. The molecule has 0 saturated carbocycles. The van der Waals surface area contributed by atoms with Crippen LogP contribution < -0.4 is 5.32 Å². The number of rotatable bonds is 5. The Kier molecular flexibility index (Phi) is 5.36. The SMILES string of the molecule is COC(=O)c1ccc(/C=C/C(=O)Nc2nc3scc(-c4ccc(F)cc4)n3n2)cc1. The quantitative estimate of drug-likeness (QED) is 0.388. The van der Waals surface area contributed by atoms with Crippen LogP contribution in [0.5, 0.6) is 0 Å². The number of carbonyl (C=O) groups is 2. The molecule has 0 aliphatic rings. The third-order valence-electron chi connectivity index (χ3n) is 4.22. The number of hydrogen-bond donors (Lipinski definition) is 1. The molecule has 1 amide bonds. The molecule has 0 unspecified atom stereocenters. The van der Waals surface area contributed by atoms with Crippen LogP contribution >= 0.6 is 11.3 Å². The summed E-state index contributed by atoms with van der Waals surface area (Å²) in [5.74, 6) is -0.966. The fourth-order valence-electron chi connectivity index (χ4n) is 2.73. The molecule has 2 heterocycles. The van der Waals surface area contributed by atoms with E-state index in [4.69, 9.17) is 0 Å². The fourth-order valence-corrected chi connectivity index (χ4v) is 3.56. The maximum atomic E-state index is 13.1. The topological polar surface area (TPSA) is 85.6 Å². The molecule has 0 bridgehead atoms. The van der Waals surface area contributed by atoms with Crippen LogP contribution in [0.2, 0.25) is 0 Å². The molecule has 7 nitrogen and oxygen atoms in total. The third kappa shape index (κ3) is 4.11. The molecule has 0 spiro atoms. The molecule has 0 fully saturated rings. The van der Waals surface area contributed by atoms with Crippen LogP contribution in [-0.2, 0) is 9.53 Å². The lowest BCUT2D eigenvalue weighted by molar-refractivity contribution is -0.111. The van der Waals surface area contributed by atoms with E-state index in [9.17, 15) is 14.0 Å². The van der Waals surface area contributed by atoms with Gasteiger partial charge in [0.1, 0.15) is 5.82 Å². The number of fused-ring (bicyclic) bond motifs is 1. The summed E-state index contributed by atoms with van der Waals surface area (Å²) in [6.07, 6.45) is 2.96. The molecule has 0 aliphatic carbocycles. The summed E-state index contributed by atoms with van der Waals surface area (Å²) < 4.78 is 19.4. The van der Waals surface area contributed by atoms with Gasteiger partial charge in [-0.05, 0) is 48.0 Å². The molecule has 9 heteroatoms. The second-order valence-electron chi connectivity index (χ2n) is 6.19. The number of esters is 1. The molecule has 0 aliphatic heterocycles. The van der Waals surface area contributed by atoms with Gasteiger partial charge in [-0.25, -0.2) is 13.7 Å². The number of nitrogens with zero attached hydrogens (tertiary/aromatic N) is 3. The van der Waals surface area contributed by atoms with Crippen molar-refractivity contribution in [3.05, 3.63) is 76.9 Å². The van der Waals surface area contributed by atoms with Crippen molar-refractivity contribution in [2.75, 3.05) is 12.4 Å². The first kappa shape index (κ1) is 19.5. The molecule has 0 radical (unpaired) electrons. The zero-order valence-electron chi connectivity index (χ0n) is 15.7. The Hall–Kier alpha value is -3.85. The summed E-state index contributed by atoms with van der Waals surface area (Å²) in [6, 6.07) is 12.7. The summed E-state index contributed by atoms with van der Waals surface area (Å²) in [4.78, 5) is 28.5. The number of hydrogen-bond acceptors (Lipinski definition) is 6. The minimum atomic E-state index is -0.422. The first-order valence-corrected chi connectivity index (χ1v) is 9.69. The van der Waals surface area contributed by atoms with E-state index in [1.165, 1.54) is 36.7 Å². The number of ether oxygens (including phenoxy) is 1. The van der Waals surface area contributed by atoms with Gasteiger partial charge in [0.05, 0.1) is 18.4 Å². The molecular weight excluding hydrogens is 407 g/mol. The van der Waals surface area contributed by atoms with Gasteiger partial charge < -0.3 is 4.74 Å². The van der Waals surface area contributed by atoms with Crippen LogP contribution in [-0.4, -0.2) is 33.6 Å². The molecule has 1 N–H and O–H groups in total. The smallest absolute Gasteiger partial charge is 0.337 e. The van der Waals surface area contributed by atoms with E-state index >= 15 is 0 Å². The van der Waals surface area contributed by atoms with Crippen LogP contribution in [0.25, 0.3) is 22.3 Å². The van der Waals surface area contributed by atoms with Crippen LogP contribution in [0.4, 0.5) is 10.3 Å². The zero-order chi connectivity index (χ0) is 21.1. The molecule has 4 rings (SSSR count). The van der Waals surface area contributed by atoms with E-state index in [1.807, 2.05) is 5.38 Å². The summed E-state index contributed by atoms with van der Waals surface area (Å²) >= 11 is 1.37. The van der Waals surface area contributed by atoms with Gasteiger partial charge in [-0.15, -0.1) is 16.4 Å². The van der Waals surface area contributed by atoms with Gasteiger partial charge in [-0.1, -0.05) is 12.1 Å². The predicted molar refractivity (Wildman–Crippen MR) is 112 cm³/mol. The summed E-state index contributed by atoms with van der Waals surface area (Å²) in [6.45, 7) is 0. The van der Waals surface area contributed by atoms with Gasteiger partial charge in [-0.3, -0.25) is 10.1 Å². The van der Waals surface area contributed by atoms with E-state index < -0.39 is 11.9 Å². The monoisotopic (exact) mass is 422 g/mol. The number of aromatic nitrogens is 3. The van der Waals surface area contributed by atoms with Crippen molar-refractivity contribution < 1.29 is 18.7 Å². The number of nitrogens with one attached hydrogen (secondary N) is 1. The van der Waals surface area contributed by atoms with Crippen molar-refractivity contribution in [1.82, 2.24) is 14.6 Å². The van der Waals surface area contributed by atoms with Crippen LogP contribution in [0.1, 0.15) is 15.9 Å². The third-order valence-corrected chi connectivity index (χ3v) is 5.03. The number of amides is 1. The highest BCUT2D eigenvalue weighted by molar-refractivity contribution is 7.15. The second-order valence-corrected chi connectivity index (χ2v) is 7.03. The van der Waals surface area contributed by atoms with Crippen LogP contribution in [0.3, 0.4) is 0 Å². The standard InChI is InChI=1S/C21H15FN4O3S/c1-29-19(28)15-5-2-13(3-6-15)4-11-18(27)23-20-24-21-26(25-20)17(12-30-21)14-7-9-16(22)10-8-14/h2-12H,1H3,(H,23,25,27)/b11-4+. The van der Waals surface area contributed by atoms with Crippen molar-refractivity contribution in [2.24, 2.45) is 0 Å². The van der Waals surface area contributed by atoms with Crippen molar-refractivity contribution in [3.63, 3.8) is 0 Å². The molecule has 2 aromatic carbocycles. The van der Waals surface area contributed by atoms with Crippen molar-refractivity contribution in [3.8, 4) is 11.3 Å². The molecule has 0 saturated heterocycles. The summed E-state index contributed by atoms with van der Waals surface area (Å²) in [7, 11) is 1.32. The Morgan fingerprint density at radius 2 is 1.87 bits per heavy atom. The number of carbonyl (C=O) groups excluding carboxylic acids is 2. The van der Waals surface area contributed by atoms with E-state index in [2.05, 4.69) is 20.1 Å². The highest BCUT2D eigenvalue weighted by atomic mass is 32.1. The van der Waals surface area contributed by atoms with Crippen molar-refractivity contribution in [2.45, 2.75) is 0 Å². The lowest BCUT2D eigenvalue weighted by atomic mass is 10.1. The Balaban J connectivity index is 1.46. The lowest BCUT2D eigenvalue weighted by Crippen LogP contribution is -2.09. The predicted octanol–water partition coefficient (Wildman–Crippen LogP) is 4.04. The average Bonchev–Trinajstić information content (AvgIpc) is 3.33. The van der Waals surface area contributed by atoms with Gasteiger partial charge in [0.15, 0.2) is 0 Å². The maximum absolute atomic E-state index is 13.1. The largest absolute Gasteiger partial charge is 0.465 e. The van der Waals surface area contributed by atoms with Gasteiger partial charge in [-0.2, -0.15) is 4.98 Å². The molecule has 2 aromatic heterocycles. The Bertz CT molecular complexity index is 1240. The maximum Gasteiger partial charge on any atom is 0.337 e. The van der Waals surface area contributed by atoms with Gasteiger partial charge in [0, 0.05) is 17.0 Å². The number of benzene rings is 2. The van der Waals surface area contributed by atoms with Crippen LogP contribution in [0.15, 0.2) is 60.0 Å². The normalized spacial score (nSPS) is 11.1. The Morgan fingerprint density at radius 1 is 1.13 bits per heavy atom. The van der Waals surface area contributed by atoms with Crippen molar-refractivity contribution >= 4 is 40.2 Å².